The molecule has 1 atom stereocenters. The van der Waals surface area contributed by atoms with Crippen molar-refractivity contribution < 1.29 is 4.79 Å². The highest BCUT2D eigenvalue weighted by atomic mass is 16.2. The molecule has 8 nitrogen and oxygen atoms in total. The summed E-state index contributed by atoms with van der Waals surface area (Å²) in [5.41, 5.74) is 7.79. The fraction of sp³-hybridized carbons (Fsp3) is 0.227. The van der Waals surface area contributed by atoms with Gasteiger partial charge in [0.25, 0.3) is 5.91 Å². The Hall–Kier alpha value is -3.83. The van der Waals surface area contributed by atoms with Crippen LogP contribution in [0.5, 0.6) is 0 Å². The number of rotatable bonds is 3. The smallest absolute Gasteiger partial charge is 0.256 e. The molecule has 2 aromatic carbocycles. The van der Waals surface area contributed by atoms with Gasteiger partial charge in [0.05, 0.1) is 17.2 Å². The maximum absolute atomic E-state index is 13.5. The van der Waals surface area contributed by atoms with Crippen LogP contribution in [0.15, 0.2) is 48.5 Å². The lowest BCUT2D eigenvalue weighted by molar-refractivity contribution is 0.0656. The van der Waals surface area contributed by atoms with Crippen molar-refractivity contribution in [3.8, 4) is 28.8 Å². The highest BCUT2D eigenvalue weighted by Crippen LogP contribution is 2.28. The molecule has 1 fully saturated rings. The van der Waals surface area contributed by atoms with E-state index in [2.05, 4.69) is 26.3 Å². The molecule has 3 aromatic rings. The average Bonchev–Trinajstić information content (AvgIpc) is 2.78. The minimum Gasteiger partial charge on any atom is -0.368 e. The molecule has 0 saturated carbocycles. The van der Waals surface area contributed by atoms with E-state index < -0.39 is 0 Å². The largest absolute Gasteiger partial charge is 0.368 e. The van der Waals surface area contributed by atoms with Crippen LogP contribution in [0.2, 0.25) is 0 Å². The van der Waals surface area contributed by atoms with Crippen LogP contribution in [0.25, 0.3) is 22.8 Å². The van der Waals surface area contributed by atoms with Crippen LogP contribution in [0.4, 0.5) is 5.95 Å². The van der Waals surface area contributed by atoms with Gasteiger partial charge in [0.1, 0.15) is 0 Å². The van der Waals surface area contributed by atoms with Crippen molar-refractivity contribution >= 4 is 11.9 Å². The van der Waals surface area contributed by atoms with Crippen LogP contribution in [0.1, 0.15) is 22.8 Å². The standard InChI is InChI=1S/C22H21N7O/c1-14-13-25-10-11-29(14)21(30)18-16(12-23)8-5-9-17(18)20-26-19(27-22(24)28-20)15-6-3-2-4-7-15/h2-9,14,25H,10-11,13H2,1H3,(H2,24,26,27,28). The van der Waals surface area contributed by atoms with Crippen molar-refractivity contribution in [3.05, 3.63) is 59.7 Å². The third-order valence-electron chi connectivity index (χ3n) is 5.09. The summed E-state index contributed by atoms with van der Waals surface area (Å²) in [6, 6.07) is 16.6. The highest BCUT2D eigenvalue weighted by Gasteiger charge is 2.29. The number of carbonyl (C=O) groups is 1. The quantitative estimate of drug-likeness (QED) is 0.692. The molecule has 0 aliphatic carbocycles. The van der Waals surface area contributed by atoms with E-state index in [1.165, 1.54) is 0 Å². The van der Waals surface area contributed by atoms with Gasteiger partial charge < -0.3 is 16.0 Å². The van der Waals surface area contributed by atoms with Crippen molar-refractivity contribution in [1.82, 2.24) is 25.2 Å². The first-order valence-corrected chi connectivity index (χ1v) is 9.70. The number of hydrogen-bond donors (Lipinski definition) is 2. The second-order valence-corrected chi connectivity index (χ2v) is 7.10. The molecule has 1 aromatic heterocycles. The van der Waals surface area contributed by atoms with Gasteiger partial charge in [-0.15, -0.1) is 0 Å². The van der Waals surface area contributed by atoms with Gasteiger partial charge in [-0.1, -0.05) is 42.5 Å². The van der Waals surface area contributed by atoms with Crippen molar-refractivity contribution in [1.29, 1.82) is 5.26 Å². The molecule has 150 valence electrons. The van der Waals surface area contributed by atoms with Crippen LogP contribution in [-0.2, 0) is 0 Å². The van der Waals surface area contributed by atoms with E-state index in [1.54, 1.807) is 23.1 Å². The van der Waals surface area contributed by atoms with Gasteiger partial charge >= 0.3 is 0 Å². The zero-order chi connectivity index (χ0) is 21.1. The predicted octanol–water partition coefficient (Wildman–Crippen LogP) is 2.09. The SMILES string of the molecule is CC1CNCCN1C(=O)c1c(C#N)cccc1-c1nc(N)nc(-c2ccccc2)n1. The number of benzene rings is 2. The molecule has 1 amide bonds. The second-order valence-electron chi connectivity index (χ2n) is 7.10. The Kier molecular flexibility index (Phi) is 5.37. The second kappa shape index (κ2) is 8.27. The van der Waals surface area contributed by atoms with Gasteiger partial charge in [0.2, 0.25) is 5.95 Å². The van der Waals surface area contributed by atoms with Gasteiger partial charge in [-0.2, -0.15) is 15.2 Å². The van der Waals surface area contributed by atoms with Crippen molar-refractivity contribution in [2.24, 2.45) is 0 Å². The molecule has 2 heterocycles. The van der Waals surface area contributed by atoms with Crippen LogP contribution >= 0.6 is 0 Å². The fourth-order valence-electron chi connectivity index (χ4n) is 3.58. The summed E-state index contributed by atoms with van der Waals surface area (Å²) < 4.78 is 0. The number of carbonyl (C=O) groups excluding carboxylic acids is 1. The van der Waals surface area contributed by atoms with Gasteiger partial charge in [-0.25, -0.2) is 4.98 Å². The highest BCUT2D eigenvalue weighted by molar-refractivity contribution is 6.02. The summed E-state index contributed by atoms with van der Waals surface area (Å²) >= 11 is 0. The first kappa shape index (κ1) is 19.5. The molecule has 0 bridgehead atoms. The zero-order valence-corrected chi connectivity index (χ0v) is 16.5. The predicted molar refractivity (Wildman–Crippen MR) is 113 cm³/mol. The van der Waals surface area contributed by atoms with E-state index in [-0.39, 0.29) is 29.3 Å². The molecule has 1 unspecified atom stereocenters. The Labute approximate surface area is 174 Å². The number of nitrogen functional groups attached to an aromatic ring is 1. The molecular weight excluding hydrogens is 378 g/mol. The van der Waals surface area contributed by atoms with Crippen LogP contribution in [0, 0.1) is 11.3 Å². The minimum atomic E-state index is -0.212. The Bertz CT molecular complexity index is 1120. The third-order valence-corrected chi connectivity index (χ3v) is 5.09. The maximum atomic E-state index is 13.5. The lowest BCUT2D eigenvalue weighted by atomic mass is 9.98. The molecular formula is C22H21N7O. The molecule has 0 spiro atoms. The molecule has 30 heavy (non-hydrogen) atoms. The zero-order valence-electron chi connectivity index (χ0n) is 16.5. The molecule has 8 heteroatoms. The number of nitrogens with one attached hydrogen (secondary N) is 1. The van der Waals surface area contributed by atoms with Crippen molar-refractivity contribution in [3.63, 3.8) is 0 Å². The fourth-order valence-corrected chi connectivity index (χ4v) is 3.58. The van der Waals surface area contributed by atoms with Crippen LogP contribution in [-0.4, -0.2) is 51.4 Å². The number of piperazine rings is 1. The van der Waals surface area contributed by atoms with E-state index in [0.717, 1.165) is 5.56 Å². The summed E-state index contributed by atoms with van der Waals surface area (Å²) in [6.45, 7) is 3.95. The first-order valence-electron chi connectivity index (χ1n) is 9.70. The van der Waals surface area contributed by atoms with Gasteiger partial charge in [0, 0.05) is 36.8 Å². The van der Waals surface area contributed by atoms with E-state index >= 15 is 0 Å². The normalized spacial score (nSPS) is 16.1. The number of nitrogens with zero attached hydrogens (tertiary/aromatic N) is 5. The van der Waals surface area contributed by atoms with E-state index in [4.69, 9.17) is 5.73 Å². The van der Waals surface area contributed by atoms with Crippen LogP contribution in [0.3, 0.4) is 0 Å². The van der Waals surface area contributed by atoms with Crippen molar-refractivity contribution in [2.45, 2.75) is 13.0 Å². The number of hydrogen-bond acceptors (Lipinski definition) is 7. The lowest BCUT2D eigenvalue weighted by Gasteiger charge is -2.34. The Morgan fingerprint density at radius 1 is 1.13 bits per heavy atom. The summed E-state index contributed by atoms with van der Waals surface area (Å²) in [4.78, 5) is 28.3. The number of nitriles is 1. The summed E-state index contributed by atoms with van der Waals surface area (Å²) in [6.07, 6.45) is 0. The monoisotopic (exact) mass is 399 g/mol. The number of anilines is 1. The topological polar surface area (TPSA) is 121 Å². The van der Waals surface area contributed by atoms with E-state index in [1.807, 2.05) is 37.3 Å². The number of nitrogens with two attached hydrogens (primary N) is 1. The van der Waals surface area contributed by atoms with Gasteiger partial charge in [0.15, 0.2) is 11.6 Å². The van der Waals surface area contributed by atoms with E-state index in [0.29, 0.717) is 36.6 Å². The maximum Gasteiger partial charge on any atom is 0.256 e. The lowest BCUT2D eigenvalue weighted by Crippen LogP contribution is -2.52. The first-order chi connectivity index (χ1) is 14.6. The Morgan fingerprint density at radius 2 is 1.90 bits per heavy atom. The third kappa shape index (κ3) is 3.71. The van der Waals surface area contributed by atoms with Gasteiger partial charge in [-0.3, -0.25) is 4.79 Å². The average molecular weight is 399 g/mol. The Morgan fingerprint density at radius 3 is 2.63 bits per heavy atom. The summed E-state index contributed by atoms with van der Waals surface area (Å²) in [7, 11) is 0. The molecule has 4 rings (SSSR count). The number of amides is 1. The number of aromatic nitrogens is 3. The van der Waals surface area contributed by atoms with Crippen LogP contribution < -0.4 is 11.1 Å². The van der Waals surface area contributed by atoms with E-state index in [9.17, 15) is 10.1 Å². The molecule has 0 radical (unpaired) electrons. The molecule has 3 N–H and O–H groups in total. The molecule has 1 aliphatic heterocycles. The van der Waals surface area contributed by atoms with Crippen molar-refractivity contribution in [2.75, 3.05) is 25.4 Å². The minimum absolute atomic E-state index is 0.00848. The summed E-state index contributed by atoms with van der Waals surface area (Å²) in [5, 5.41) is 12.9. The van der Waals surface area contributed by atoms with Gasteiger partial charge in [-0.05, 0) is 13.0 Å². The molecule has 1 saturated heterocycles. The molecule has 1 aliphatic rings. The summed E-state index contributed by atoms with van der Waals surface area (Å²) in [5.74, 6) is 0.519. The Balaban J connectivity index is 1.85.